The zero-order valence-corrected chi connectivity index (χ0v) is 12.1. The highest BCUT2D eigenvalue weighted by molar-refractivity contribution is 5.92. The molecule has 0 aliphatic rings. The molecule has 1 rings (SSSR count). The average Bonchev–Trinajstić information content (AvgIpc) is 2.45. The van der Waals surface area contributed by atoms with Crippen molar-refractivity contribution in [1.82, 2.24) is 9.88 Å². The number of pyridine rings is 1. The molecule has 6 heteroatoms. The molecule has 0 radical (unpaired) electrons. The van der Waals surface area contributed by atoms with Crippen LogP contribution in [0.1, 0.15) is 24.3 Å². The standard InChI is InChI=1S/C14H22N2O4/c1-3-19-10-8-16(9-11-20-4-2)14(18)12-6-5-7-13(17)15-12/h5-7H,3-4,8-11H2,1-2H3,(H,15,17). The van der Waals surface area contributed by atoms with Crippen molar-refractivity contribution in [3.05, 3.63) is 34.2 Å². The van der Waals surface area contributed by atoms with Crippen LogP contribution in [0.4, 0.5) is 0 Å². The maximum atomic E-state index is 12.3. The maximum absolute atomic E-state index is 12.3. The highest BCUT2D eigenvalue weighted by Gasteiger charge is 2.16. The number of rotatable bonds is 9. The Morgan fingerprint density at radius 3 is 2.25 bits per heavy atom. The molecule has 0 aliphatic carbocycles. The largest absolute Gasteiger partial charge is 0.380 e. The van der Waals surface area contributed by atoms with Crippen LogP contribution in [0.2, 0.25) is 0 Å². The van der Waals surface area contributed by atoms with E-state index in [-0.39, 0.29) is 17.2 Å². The fraction of sp³-hybridized carbons (Fsp3) is 0.571. The Morgan fingerprint density at radius 2 is 1.75 bits per heavy atom. The molecule has 1 amide bonds. The Balaban J connectivity index is 2.69. The quantitative estimate of drug-likeness (QED) is 0.683. The summed E-state index contributed by atoms with van der Waals surface area (Å²) in [7, 11) is 0. The minimum absolute atomic E-state index is 0.220. The van der Waals surface area contributed by atoms with Gasteiger partial charge in [0.05, 0.1) is 13.2 Å². The fourth-order valence-corrected chi connectivity index (χ4v) is 1.70. The second-order valence-electron chi connectivity index (χ2n) is 4.11. The Kier molecular flexibility index (Phi) is 7.60. The molecule has 20 heavy (non-hydrogen) atoms. The van der Waals surface area contributed by atoms with Crippen LogP contribution in [0.25, 0.3) is 0 Å². The summed E-state index contributed by atoms with van der Waals surface area (Å²) >= 11 is 0. The summed E-state index contributed by atoms with van der Waals surface area (Å²) in [6.45, 7) is 6.89. The lowest BCUT2D eigenvalue weighted by molar-refractivity contribution is 0.0545. The van der Waals surface area contributed by atoms with Gasteiger partial charge in [0.1, 0.15) is 5.69 Å². The van der Waals surface area contributed by atoms with Crippen LogP contribution >= 0.6 is 0 Å². The Morgan fingerprint density at radius 1 is 1.15 bits per heavy atom. The zero-order valence-electron chi connectivity index (χ0n) is 12.1. The van der Waals surface area contributed by atoms with Crippen molar-refractivity contribution in [2.24, 2.45) is 0 Å². The predicted molar refractivity (Wildman–Crippen MR) is 76.0 cm³/mol. The molecule has 1 N–H and O–H groups in total. The van der Waals surface area contributed by atoms with E-state index in [1.54, 1.807) is 17.0 Å². The zero-order chi connectivity index (χ0) is 14.8. The van der Waals surface area contributed by atoms with Gasteiger partial charge < -0.3 is 19.4 Å². The topological polar surface area (TPSA) is 71.6 Å². The van der Waals surface area contributed by atoms with Gasteiger partial charge in [0, 0.05) is 32.4 Å². The summed E-state index contributed by atoms with van der Waals surface area (Å²) in [5.41, 5.74) is -0.00378. The van der Waals surface area contributed by atoms with Gasteiger partial charge in [0.15, 0.2) is 0 Å². The first-order valence-electron chi connectivity index (χ1n) is 6.83. The summed E-state index contributed by atoms with van der Waals surface area (Å²) in [6.07, 6.45) is 0. The summed E-state index contributed by atoms with van der Waals surface area (Å²) in [5, 5.41) is 0. The number of H-pyrrole nitrogens is 1. The molecular formula is C14H22N2O4. The van der Waals surface area contributed by atoms with Crippen molar-refractivity contribution in [2.45, 2.75) is 13.8 Å². The SMILES string of the molecule is CCOCCN(CCOCC)C(=O)c1cccc(=O)[nH]1. The number of carbonyl (C=O) groups excluding carboxylic acids is 1. The molecule has 0 fully saturated rings. The third-order valence-electron chi connectivity index (χ3n) is 2.71. The predicted octanol–water partition coefficient (Wildman–Crippen LogP) is 0.890. The molecule has 1 aromatic rings. The van der Waals surface area contributed by atoms with Gasteiger partial charge >= 0.3 is 0 Å². The number of hydrogen-bond acceptors (Lipinski definition) is 4. The maximum Gasteiger partial charge on any atom is 0.270 e. The third-order valence-corrected chi connectivity index (χ3v) is 2.71. The molecule has 112 valence electrons. The van der Waals surface area contributed by atoms with Crippen LogP contribution < -0.4 is 5.56 Å². The molecular weight excluding hydrogens is 260 g/mol. The molecule has 0 aliphatic heterocycles. The number of aromatic nitrogens is 1. The summed E-state index contributed by atoms with van der Waals surface area (Å²) in [5.74, 6) is -0.220. The van der Waals surface area contributed by atoms with Gasteiger partial charge in [-0.3, -0.25) is 9.59 Å². The van der Waals surface area contributed by atoms with Crippen molar-refractivity contribution in [1.29, 1.82) is 0 Å². The Bertz CT molecular complexity index is 448. The summed E-state index contributed by atoms with van der Waals surface area (Å²) < 4.78 is 10.5. The molecule has 0 unspecified atom stereocenters. The first-order chi connectivity index (χ1) is 9.69. The number of nitrogens with zero attached hydrogens (tertiary/aromatic N) is 1. The second kappa shape index (κ2) is 9.28. The van der Waals surface area contributed by atoms with Crippen LogP contribution in [-0.4, -0.2) is 55.3 Å². The lowest BCUT2D eigenvalue weighted by Gasteiger charge is -2.22. The van der Waals surface area contributed by atoms with Gasteiger partial charge in [-0.15, -0.1) is 0 Å². The minimum Gasteiger partial charge on any atom is -0.380 e. The van der Waals surface area contributed by atoms with E-state index in [2.05, 4.69) is 4.98 Å². The van der Waals surface area contributed by atoms with Crippen LogP contribution in [0.3, 0.4) is 0 Å². The van der Waals surface area contributed by atoms with E-state index in [9.17, 15) is 9.59 Å². The van der Waals surface area contributed by atoms with Crippen LogP contribution in [0, 0.1) is 0 Å². The average molecular weight is 282 g/mol. The van der Waals surface area contributed by atoms with Crippen molar-refractivity contribution in [2.75, 3.05) is 39.5 Å². The monoisotopic (exact) mass is 282 g/mol. The fourth-order valence-electron chi connectivity index (χ4n) is 1.70. The van der Waals surface area contributed by atoms with E-state index in [1.807, 2.05) is 13.8 Å². The molecule has 0 aromatic carbocycles. The first-order valence-corrected chi connectivity index (χ1v) is 6.83. The molecule has 0 atom stereocenters. The lowest BCUT2D eigenvalue weighted by Crippen LogP contribution is -2.37. The smallest absolute Gasteiger partial charge is 0.270 e. The van der Waals surface area contributed by atoms with Gasteiger partial charge in [0.2, 0.25) is 5.56 Å². The molecule has 1 aromatic heterocycles. The number of aromatic amines is 1. The lowest BCUT2D eigenvalue weighted by atomic mass is 10.3. The summed E-state index contributed by atoms with van der Waals surface area (Å²) in [6, 6.07) is 4.54. The Labute approximate surface area is 118 Å². The number of nitrogens with one attached hydrogen (secondary N) is 1. The number of carbonyl (C=O) groups is 1. The van der Waals surface area contributed by atoms with E-state index in [0.717, 1.165) is 0 Å². The number of amides is 1. The van der Waals surface area contributed by atoms with E-state index in [0.29, 0.717) is 39.5 Å². The molecule has 1 heterocycles. The molecule has 6 nitrogen and oxygen atoms in total. The van der Waals surface area contributed by atoms with E-state index in [4.69, 9.17) is 9.47 Å². The third kappa shape index (κ3) is 5.54. The Hall–Kier alpha value is -1.66. The molecule has 0 saturated carbocycles. The van der Waals surface area contributed by atoms with Crippen molar-refractivity contribution < 1.29 is 14.3 Å². The number of ether oxygens (including phenoxy) is 2. The van der Waals surface area contributed by atoms with E-state index in [1.165, 1.54) is 6.07 Å². The normalized spacial score (nSPS) is 10.5. The first kappa shape index (κ1) is 16.4. The van der Waals surface area contributed by atoms with Crippen LogP contribution in [0.5, 0.6) is 0 Å². The van der Waals surface area contributed by atoms with Crippen LogP contribution in [-0.2, 0) is 9.47 Å². The molecule has 0 spiro atoms. The van der Waals surface area contributed by atoms with E-state index >= 15 is 0 Å². The van der Waals surface area contributed by atoms with E-state index < -0.39 is 0 Å². The summed E-state index contributed by atoms with van der Waals surface area (Å²) in [4.78, 5) is 27.8. The van der Waals surface area contributed by atoms with Gasteiger partial charge in [0.25, 0.3) is 5.91 Å². The van der Waals surface area contributed by atoms with Gasteiger partial charge in [-0.1, -0.05) is 6.07 Å². The van der Waals surface area contributed by atoms with Crippen molar-refractivity contribution >= 4 is 5.91 Å². The highest BCUT2D eigenvalue weighted by atomic mass is 16.5. The highest BCUT2D eigenvalue weighted by Crippen LogP contribution is 2.00. The van der Waals surface area contributed by atoms with Crippen molar-refractivity contribution in [3.63, 3.8) is 0 Å². The van der Waals surface area contributed by atoms with Gasteiger partial charge in [-0.05, 0) is 19.9 Å². The second-order valence-corrected chi connectivity index (χ2v) is 4.11. The van der Waals surface area contributed by atoms with Gasteiger partial charge in [-0.2, -0.15) is 0 Å². The minimum atomic E-state index is -0.287. The number of hydrogen-bond donors (Lipinski definition) is 1. The van der Waals surface area contributed by atoms with Crippen LogP contribution in [0.15, 0.2) is 23.0 Å². The molecule has 0 saturated heterocycles. The van der Waals surface area contributed by atoms with Crippen molar-refractivity contribution in [3.8, 4) is 0 Å². The molecule has 0 bridgehead atoms. The van der Waals surface area contributed by atoms with Gasteiger partial charge in [-0.25, -0.2) is 0 Å².